The van der Waals surface area contributed by atoms with Gasteiger partial charge in [0.15, 0.2) is 0 Å². The topological polar surface area (TPSA) is 51.2 Å². The summed E-state index contributed by atoms with van der Waals surface area (Å²) in [5.74, 6) is 0.701. The van der Waals surface area contributed by atoms with E-state index >= 15 is 0 Å². The molecule has 1 aromatic heterocycles. The van der Waals surface area contributed by atoms with Crippen LogP contribution >= 0.6 is 11.3 Å². The molecule has 2 rings (SSSR count). The summed E-state index contributed by atoms with van der Waals surface area (Å²) in [4.78, 5) is 16.2. The zero-order valence-corrected chi connectivity index (χ0v) is 12.5. The van der Waals surface area contributed by atoms with Crippen LogP contribution in [0.2, 0.25) is 0 Å². The Bertz CT molecular complexity index is 581. The highest BCUT2D eigenvalue weighted by molar-refractivity contribution is 7.13. The van der Waals surface area contributed by atoms with Gasteiger partial charge in [0.05, 0.1) is 6.61 Å². The average molecular weight is 290 g/mol. The largest absolute Gasteiger partial charge is 0.494 e. The van der Waals surface area contributed by atoms with Crippen molar-refractivity contribution < 1.29 is 9.53 Å². The molecule has 0 saturated carbocycles. The number of rotatable bonds is 6. The number of carbonyl (C=O) groups excluding carboxylic acids is 1. The van der Waals surface area contributed by atoms with Crippen LogP contribution in [0.1, 0.15) is 30.8 Å². The molecule has 0 atom stereocenters. The van der Waals surface area contributed by atoms with Crippen LogP contribution in [0.4, 0.5) is 0 Å². The Labute approximate surface area is 122 Å². The van der Waals surface area contributed by atoms with E-state index < -0.39 is 0 Å². The summed E-state index contributed by atoms with van der Waals surface area (Å²) in [6.45, 7) is 5.27. The van der Waals surface area contributed by atoms with Crippen molar-refractivity contribution in [3.05, 3.63) is 35.3 Å². The smallest absolute Gasteiger partial charge is 0.270 e. The second-order valence-corrected chi connectivity index (χ2v) is 5.11. The first-order chi connectivity index (χ1) is 9.74. The highest BCUT2D eigenvalue weighted by Crippen LogP contribution is 2.26. The molecule has 1 amide bonds. The molecule has 4 nitrogen and oxygen atoms in total. The van der Waals surface area contributed by atoms with Gasteiger partial charge >= 0.3 is 0 Å². The summed E-state index contributed by atoms with van der Waals surface area (Å²) < 4.78 is 5.47. The van der Waals surface area contributed by atoms with Crippen LogP contribution in [0.25, 0.3) is 10.6 Å². The number of hydrogen-bond donors (Lipinski definition) is 1. The summed E-state index contributed by atoms with van der Waals surface area (Å²) >= 11 is 1.46. The van der Waals surface area contributed by atoms with Crippen LogP contribution in [0.15, 0.2) is 29.6 Å². The van der Waals surface area contributed by atoms with Gasteiger partial charge in [-0.05, 0) is 25.5 Å². The lowest BCUT2D eigenvalue weighted by Crippen LogP contribution is -2.24. The van der Waals surface area contributed by atoms with Gasteiger partial charge in [-0.1, -0.05) is 19.1 Å². The van der Waals surface area contributed by atoms with Gasteiger partial charge in [-0.25, -0.2) is 4.98 Å². The van der Waals surface area contributed by atoms with Crippen molar-refractivity contribution in [1.29, 1.82) is 0 Å². The third kappa shape index (κ3) is 3.57. The number of amides is 1. The molecule has 0 spiro atoms. The molecule has 5 heteroatoms. The molecule has 0 unspecified atom stereocenters. The molecule has 20 heavy (non-hydrogen) atoms. The number of nitrogens with zero attached hydrogens (tertiary/aromatic N) is 1. The summed E-state index contributed by atoms with van der Waals surface area (Å²) in [7, 11) is 0. The molecular formula is C15H18N2O2S. The van der Waals surface area contributed by atoms with Gasteiger partial charge in [-0.3, -0.25) is 4.79 Å². The highest BCUT2D eigenvalue weighted by atomic mass is 32.1. The maximum Gasteiger partial charge on any atom is 0.270 e. The predicted molar refractivity (Wildman–Crippen MR) is 81.3 cm³/mol. The SMILES string of the molecule is CCCNC(=O)c1csc(-c2cccc(OCC)c2)n1. The highest BCUT2D eigenvalue weighted by Gasteiger charge is 2.11. The van der Waals surface area contributed by atoms with E-state index in [1.807, 2.05) is 38.1 Å². The Morgan fingerprint density at radius 2 is 2.25 bits per heavy atom. The lowest BCUT2D eigenvalue weighted by Gasteiger charge is -2.04. The molecule has 0 aliphatic carbocycles. The van der Waals surface area contributed by atoms with Crippen LogP contribution in [0, 0.1) is 0 Å². The number of aromatic nitrogens is 1. The van der Waals surface area contributed by atoms with Crippen LogP contribution < -0.4 is 10.1 Å². The van der Waals surface area contributed by atoms with Gasteiger partial charge in [0, 0.05) is 17.5 Å². The van der Waals surface area contributed by atoms with E-state index in [0.717, 1.165) is 22.7 Å². The summed E-state index contributed by atoms with van der Waals surface area (Å²) in [6, 6.07) is 7.75. The number of benzene rings is 1. The molecule has 1 aromatic carbocycles. The van der Waals surface area contributed by atoms with Gasteiger partial charge in [0.25, 0.3) is 5.91 Å². The third-order valence-electron chi connectivity index (χ3n) is 2.66. The molecule has 1 heterocycles. The molecule has 1 N–H and O–H groups in total. The summed E-state index contributed by atoms with van der Waals surface area (Å²) in [6.07, 6.45) is 0.916. The van der Waals surface area contributed by atoms with Gasteiger partial charge in [0.1, 0.15) is 16.5 Å². The van der Waals surface area contributed by atoms with Crippen molar-refractivity contribution in [3.63, 3.8) is 0 Å². The molecule has 0 bridgehead atoms. The first kappa shape index (κ1) is 14.5. The first-order valence-corrected chi connectivity index (χ1v) is 7.59. The maximum atomic E-state index is 11.8. The number of carbonyl (C=O) groups is 1. The van der Waals surface area contributed by atoms with E-state index in [4.69, 9.17) is 4.74 Å². The Morgan fingerprint density at radius 1 is 1.40 bits per heavy atom. The molecule has 106 valence electrons. The lowest BCUT2D eigenvalue weighted by molar-refractivity contribution is 0.0949. The van der Waals surface area contributed by atoms with Gasteiger partial charge in [-0.15, -0.1) is 11.3 Å². The van der Waals surface area contributed by atoms with Crippen LogP contribution in [-0.4, -0.2) is 24.0 Å². The average Bonchev–Trinajstić information content (AvgIpc) is 2.95. The van der Waals surface area contributed by atoms with E-state index in [0.29, 0.717) is 18.8 Å². The van der Waals surface area contributed by atoms with Crippen LogP contribution in [0.3, 0.4) is 0 Å². The van der Waals surface area contributed by atoms with Crippen molar-refractivity contribution in [1.82, 2.24) is 10.3 Å². The number of thiazole rings is 1. The van der Waals surface area contributed by atoms with Crippen molar-refractivity contribution in [2.45, 2.75) is 20.3 Å². The third-order valence-corrected chi connectivity index (χ3v) is 3.56. The fourth-order valence-electron chi connectivity index (χ4n) is 1.73. The quantitative estimate of drug-likeness (QED) is 0.887. The zero-order valence-electron chi connectivity index (χ0n) is 11.7. The molecule has 0 radical (unpaired) electrons. The molecule has 0 aliphatic heterocycles. The monoisotopic (exact) mass is 290 g/mol. The second-order valence-electron chi connectivity index (χ2n) is 4.25. The standard InChI is InChI=1S/C15H18N2O2S/c1-3-8-16-14(18)13-10-20-15(17-13)11-6-5-7-12(9-11)19-4-2/h5-7,9-10H,3-4,8H2,1-2H3,(H,16,18). The van der Waals surface area contributed by atoms with Gasteiger partial charge in [0.2, 0.25) is 0 Å². The molecule has 0 fully saturated rings. The minimum atomic E-state index is -0.115. The van der Waals surface area contributed by atoms with E-state index in [-0.39, 0.29) is 5.91 Å². The van der Waals surface area contributed by atoms with Crippen molar-refractivity contribution in [3.8, 4) is 16.3 Å². The number of hydrogen-bond acceptors (Lipinski definition) is 4. The Kier molecular flexibility index (Phi) is 5.12. The van der Waals surface area contributed by atoms with E-state index in [9.17, 15) is 4.79 Å². The second kappa shape index (κ2) is 7.05. The normalized spacial score (nSPS) is 10.3. The van der Waals surface area contributed by atoms with Crippen molar-refractivity contribution >= 4 is 17.2 Å². The van der Waals surface area contributed by atoms with E-state index in [1.165, 1.54) is 11.3 Å². The van der Waals surface area contributed by atoms with E-state index in [2.05, 4.69) is 10.3 Å². The minimum absolute atomic E-state index is 0.115. The van der Waals surface area contributed by atoms with Crippen molar-refractivity contribution in [2.24, 2.45) is 0 Å². The van der Waals surface area contributed by atoms with Crippen molar-refractivity contribution in [2.75, 3.05) is 13.2 Å². The first-order valence-electron chi connectivity index (χ1n) is 6.71. The van der Waals surface area contributed by atoms with E-state index in [1.54, 1.807) is 5.38 Å². The fourth-order valence-corrected chi connectivity index (χ4v) is 2.52. The van der Waals surface area contributed by atoms with Gasteiger partial charge in [-0.2, -0.15) is 0 Å². The molecular weight excluding hydrogens is 272 g/mol. The zero-order chi connectivity index (χ0) is 14.4. The fraction of sp³-hybridized carbons (Fsp3) is 0.333. The Morgan fingerprint density at radius 3 is 3.00 bits per heavy atom. The van der Waals surface area contributed by atoms with Crippen LogP contribution in [0.5, 0.6) is 5.75 Å². The lowest BCUT2D eigenvalue weighted by atomic mass is 10.2. The maximum absolute atomic E-state index is 11.8. The number of nitrogens with one attached hydrogen (secondary N) is 1. The predicted octanol–water partition coefficient (Wildman–Crippen LogP) is 3.35. The molecule has 0 aliphatic rings. The molecule has 0 saturated heterocycles. The van der Waals surface area contributed by atoms with Crippen LogP contribution in [-0.2, 0) is 0 Å². The number of ether oxygens (including phenoxy) is 1. The minimum Gasteiger partial charge on any atom is -0.494 e. The Balaban J connectivity index is 2.15. The summed E-state index contributed by atoms with van der Waals surface area (Å²) in [5, 5.41) is 5.44. The summed E-state index contributed by atoms with van der Waals surface area (Å²) in [5.41, 5.74) is 1.44. The Hall–Kier alpha value is -1.88. The molecule has 2 aromatic rings. The van der Waals surface area contributed by atoms with Gasteiger partial charge < -0.3 is 10.1 Å².